The van der Waals surface area contributed by atoms with Crippen molar-refractivity contribution in [3.05, 3.63) is 106 Å². The van der Waals surface area contributed by atoms with Crippen LogP contribution < -0.4 is 25.4 Å². The van der Waals surface area contributed by atoms with Gasteiger partial charge in [0.15, 0.2) is 0 Å². The summed E-state index contributed by atoms with van der Waals surface area (Å²) in [7, 11) is 3.06. The van der Waals surface area contributed by atoms with Crippen LogP contribution in [0.1, 0.15) is 82.7 Å². The molecule has 12 heteroatoms. The van der Waals surface area contributed by atoms with Gasteiger partial charge in [0.2, 0.25) is 5.91 Å². The fourth-order valence-corrected chi connectivity index (χ4v) is 8.28. The van der Waals surface area contributed by atoms with Crippen molar-refractivity contribution in [3.8, 4) is 11.5 Å². The zero-order valence-corrected chi connectivity index (χ0v) is 32.0. The minimum atomic E-state index is -0.557. The Morgan fingerprint density at radius 1 is 0.868 bits per heavy atom. The highest BCUT2D eigenvalue weighted by molar-refractivity contribution is 8.00. The summed E-state index contributed by atoms with van der Waals surface area (Å²) in [6.45, 7) is 3.97. The van der Waals surface area contributed by atoms with Gasteiger partial charge in [-0.2, -0.15) is 0 Å². The number of carbonyl (C=O) groups is 4. The van der Waals surface area contributed by atoms with Crippen LogP contribution in [0.2, 0.25) is 0 Å². The van der Waals surface area contributed by atoms with Gasteiger partial charge in [0.05, 0.1) is 31.6 Å². The Hall–Kier alpha value is -5.07. The van der Waals surface area contributed by atoms with Gasteiger partial charge in [0.1, 0.15) is 22.2 Å². The molecule has 0 fully saturated rings. The van der Waals surface area contributed by atoms with Crippen LogP contribution in [0.5, 0.6) is 11.5 Å². The summed E-state index contributed by atoms with van der Waals surface area (Å²) in [5, 5.41) is 8.79. The Kier molecular flexibility index (Phi) is 14.1. The van der Waals surface area contributed by atoms with Crippen LogP contribution in [0.25, 0.3) is 6.08 Å². The van der Waals surface area contributed by atoms with Gasteiger partial charge in [-0.05, 0) is 93.1 Å². The number of fused-ring (bicyclic) bond motifs is 1. The summed E-state index contributed by atoms with van der Waals surface area (Å²) in [5.74, 6) is -0.596. The van der Waals surface area contributed by atoms with E-state index in [1.54, 1.807) is 86.8 Å². The van der Waals surface area contributed by atoms with Crippen molar-refractivity contribution in [1.82, 2.24) is 5.32 Å². The summed E-state index contributed by atoms with van der Waals surface area (Å²) < 4.78 is 16.3. The van der Waals surface area contributed by atoms with Gasteiger partial charge in [-0.1, -0.05) is 44.0 Å². The van der Waals surface area contributed by atoms with Crippen molar-refractivity contribution in [2.45, 2.75) is 68.9 Å². The third-order valence-corrected chi connectivity index (χ3v) is 11.3. The van der Waals surface area contributed by atoms with Crippen molar-refractivity contribution in [1.29, 1.82) is 0 Å². The van der Waals surface area contributed by atoms with E-state index >= 15 is 0 Å². The lowest BCUT2D eigenvalue weighted by atomic mass is 9.96. The maximum Gasteiger partial charge on any atom is 0.341 e. The Bertz CT molecular complexity index is 1960. The Morgan fingerprint density at radius 3 is 2.36 bits per heavy atom. The average Bonchev–Trinajstić information content (AvgIpc) is 3.49. The zero-order valence-electron chi connectivity index (χ0n) is 30.4. The second-order valence-corrected chi connectivity index (χ2v) is 14.7. The van der Waals surface area contributed by atoms with Gasteiger partial charge in [-0.15, -0.1) is 23.1 Å². The summed E-state index contributed by atoms with van der Waals surface area (Å²) in [4.78, 5) is 55.8. The third-order valence-electron chi connectivity index (χ3n) is 8.69. The molecule has 1 heterocycles. The van der Waals surface area contributed by atoms with Gasteiger partial charge in [0, 0.05) is 32.7 Å². The normalized spacial score (nSPS) is 13.4. The zero-order chi connectivity index (χ0) is 37.7. The molecule has 1 unspecified atom stereocenters. The van der Waals surface area contributed by atoms with Crippen LogP contribution in [0.3, 0.4) is 0 Å². The fourth-order valence-electron chi connectivity index (χ4n) is 5.99. The largest absolute Gasteiger partial charge is 0.497 e. The standard InChI is InChI=1S/C41H45N3O7S2/c1-5-34(39(47)44-40-36(41(48)51-6-2)31-19-12-7-8-13-20-35(31)53-40)52-30-18-14-17-28(24-30)42-38(46)32(43-37(45)26-15-10-9-11-16-26)23-27-21-22-29(49-3)25-33(27)50-4/h9-11,14-18,21-25,34H,5-8,12-13,19-20H2,1-4H3,(H,42,46)(H,43,45)(H,44,47)/b32-23+. The fraction of sp³-hybridized carbons (Fsp3) is 0.317. The quantitative estimate of drug-likeness (QED) is 0.0663. The van der Waals surface area contributed by atoms with E-state index in [-0.39, 0.29) is 18.2 Å². The summed E-state index contributed by atoms with van der Waals surface area (Å²) >= 11 is 2.84. The van der Waals surface area contributed by atoms with Crippen LogP contribution in [0.15, 0.2) is 83.4 Å². The molecule has 0 aliphatic heterocycles. The first kappa shape index (κ1) is 39.1. The van der Waals surface area contributed by atoms with Crippen LogP contribution in [-0.2, 0) is 27.2 Å². The van der Waals surface area contributed by atoms with E-state index in [4.69, 9.17) is 14.2 Å². The highest BCUT2D eigenvalue weighted by atomic mass is 32.2. The number of nitrogens with one attached hydrogen (secondary N) is 3. The predicted octanol–water partition coefficient (Wildman–Crippen LogP) is 8.52. The number of esters is 1. The monoisotopic (exact) mass is 755 g/mol. The van der Waals surface area contributed by atoms with Gasteiger partial charge in [0.25, 0.3) is 11.8 Å². The summed E-state index contributed by atoms with van der Waals surface area (Å²) in [5.41, 5.74) is 2.90. The van der Waals surface area contributed by atoms with Crippen LogP contribution in [0, 0.1) is 0 Å². The molecule has 53 heavy (non-hydrogen) atoms. The lowest BCUT2D eigenvalue weighted by Gasteiger charge is -2.16. The molecule has 3 aromatic carbocycles. The molecular formula is C41H45N3O7S2. The minimum Gasteiger partial charge on any atom is -0.497 e. The number of amides is 3. The number of rotatable bonds is 14. The van der Waals surface area contributed by atoms with Crippen LogP contribution in [-0.4, -0.2) is 49.8 Å². The molecule has 0 radical (unpaired) electrons. The lowest BCUT2D eigenvalue weighted by molar-refractivity contribution is -0.116. The molecule has 3 amide bonds. The molecule has 0 spiro atoms. The first-order valence-corrected chi connectivity index (χ1v) is 19.4. The molecule has 3 N–H and O–H groups in total. The second-order valence-electron chi connectivity index (χ2n) is 12.3. The highest BCUT2D eigenvalue weighted by Gasteiger charge is 2.28. The number of aryl methyl sites for hydroxylation is 1. The van der Waals surface area contributed by atoms with Crippen molar-refractivity contribution in [2.24, 2.45) is 0 Å². The first-order chi connectivity index (χ1) is 25.7. The van der Waals surface area contributed by atoms with E-state index < -0.39 is 23.0 Å². The lowest BCUT2D eigenvalue weighted by Crippen LogP contribution is -2.30. The number of hydrogen-bond donors (Lipinski definition) is 3. The SMILES string of the molecule is CCOC(=O)c1c(NC(=O)C(CC)Sc2cccc(NC(=O)/C(=C\c3ccc(OC)cc3OC)NC(=O)c3ccccc3)c2)sc2c1CCCCCC2. The predicted molar refractivity (Wildman–Crippen MR) is 211 cm³/mol. The number of hydrogen-bond acceptors (Lipinski definition) is 9. The van der Waals surface area contributed by atoms with Gasteiger partial charge in [-0.3, -0.25) is 14.4 Å². The summed E-state index contributed by atoms with van der Waals surface area (Å²) in [6, 6.07) is 20.9. The number of ether oxygens (including phenoxy) is 3. The van der Waals surface area contributed by atoms with E-state index in [0.29, 0.717) is 45.3 Å². The maximum absolute atomic E-state index is 13.8. The van der Waals surface area contributed by atoms with E-state index in [1.807, 2.05) is 13.0 Å². The molecule has 10 nitrogen and oxygen atoms in total. The number of anilines is 2. The number of thiophene rings is 1. The van der Waals surface area contributed by atoms with Crippen molar-refractivity contribution in [2.75, 3.05) is 31.5 Å². The molecule has 0 saturated carbocycles. The molecule has 1 atom stereocenters. The van der Waals surface area contributed by atoms with E-state index in [2.05, 4.69) is 16.0 Å². The van der Waals surface area contributed by atoms with E-state index in [9.17, 15) is 19.2 Å². The molecule has 1 aromatic heterocycles. The number of benzene rings is 3. The first-order valence-electron chi connectivity index (χ1n) is 17.7. The Morgan fingerprint density at radius 2 is 1.64 bits per heavy atom. The third kappa shape index (κ3) is 10.3. The average molecular weight is 756 g/mol. The summed E-state index contributed by atoms with van der Waals surface area (Å²) in [6.07, 6.45) is 8.06. The van der Waals surface area contributed by atoms with Crippen LogP contribution >= 0.6 is 23.1 Å². The topological polar surface area (TPSA) is 132 Å². The van der Waals surface area contributed by atoms with Crippen molar-refractivity contribution in [3.63, 3.8) is 0 Å². The van der Waals surface area contributed by atoms with E-state index in [0.717, 1.165) is 53.9 Å². The molecule has 4 aromatic rings. The number of carbonyl (C=O) groups excluding carboxylic acids is 4. The molecule has 1 aliphatic carbocycles. The van der Waals surface area contributed by atoms with Crippen LogP contribution in [0.4, 0.5) is 10.7 Å². The highest BCUT2D eigenvalue weighted by Crippen LogP contribution is 2.39. The number of thioether (sulfide) groups is 1. The van der Waals surface area contributed by atoms with Gasteiger partial charge >= 0.3 is 5.97 Å². The smallest absolute Gasteiger partial charge is 0.341 e. The minimum absolute atomic E-state index is 0.00589. The molecule has 0 saturated heterocycles. The van der Waals surface area contributed by atoms with Gasteiger partial charge < -0.3 is 30.2 Å². The van der Waals surface area contributed by atoms with Gasteiger partial charge in [-0.25, -0.2) is 4.79 Å². The van der Waals surface area contributed by atoms with Crippen molar-refractivity contribution >= 4 is 63.6 Å². The maximum atomic E-state index is 13.8. The molecule has 1 aliphatic rings. The molecule has 0 bridgehead atoms. The molecular weight excluding hydrogens is 711 g/mol. The second kappa shape index (κ2) is 19.1. The molecule has 5 rings (SSSR count). The Labute approximate surface area is 318 Å². The number of methoxy groups -OCH3 is 2. The molecule has 278 valence electrons. The van der Waals surface area contributed by atoms with Crippen molar-refractivity contribution < 1.29 is 33.4 Å². The Balaban J connectivity index is 1.35. The van der Waals surface area contributed by atoms with E-state index in [1.165, 1.54) is 30.2 Å².